The number of nitrogens with one attached hydrogen (secondary N) is 1. The van der Waals surface area contributed by atoms with Gasteiger partial charge in [-0.2, -0.15) is 4.98 Å². The number of aromatic nitrogens is 5. The molecule has 0 unspecified atom stereocenters. The fourth-order valence-corrected chi connectivity index (χ4v) is 2.96. The van der Waals surface area contributed by atoms with Crippen LogP contribution in [0.15, 0.2) is 59.6 Å². The maximum atomic E-state index is 12.5. The van der Waals surface area contributed by atoms with E-state index < -0.39 is 0 Å². The van der Waals surface area contributed by atoms with Gasteiger partial charge in [0.15, 0.2) is 5.82 Å². The Morgan fingerprint density at radius 1 is 1.19 bits per heavy atom. The quantitative estimate of drug-likeness (QED) is 0.468. The number of carbonyl (C=O) groups is 1. The first-order valence-corrected chi connectivity index (χ1v) is 9.99. The van der Waals surface area contributed by atoms with Crippen molar-refractivity contribution in [3.63, 3.8) is 0 Å². The molecule has 1 amide bonds. The van der Waals surface area contributed by atoms with Crippen LogP contribution < -0.4 is 10.1 Å². The summed E-state index contributed by atoms with van der Waals surface area (Å²) in [5.41, 5.74) is 1.98. The van der Waals surface area contributed by atoms with Crippen LogP contribution in [0.1, 0.15) is 35.7 Å². The molecule has 0 saturated heterocycles. The normalized spacial score (nSPS) is 10.8. The molecule has 0 fully saturated rings. The lowest BCUT2D eigenvalue weighted by Crippen LogP contribution is -2.23. The molecule has 9 heteroatoms. The second kappa shape index (κ2) is 9.21. The maximum Gasteiger partial charge on any atom is 0.271 e. The monoisotopic (exact) mass is 418 g/mol. The standard InChI is InChI=1S/C22H22N6O3/c1-3-19-26-22(31-27-19)16-8-9-23-20(11-16)28-13-18(25-14-28)21(29)24-12-15-6-5-7-17(10-15)30-4-2/h5-11,13-14H,3-4,12H2,1-2H3,(H,24,29). The minimum Gasteiger partial charge on any atom is -0.494 e. The molecule has 0 aliphatic carbocycles. The number of hydrogen-bond donors (Lipinski definition) is 1. The van der Waals surface area contributed by atoms with Gasteiger partial charge in [-0.3, -0.25) is 9.36 Å². The van der Waals surface area contributed by atoms with E-state index in [-0.39, 0.29) is 5.91 Å². The highest BCUT2D eigenvalue weighted by molar-refractivity contribution is 5.92. The number of rotatable bonds is 8. The van der Waals surface area contributed by atoms with Gasteiger partial charge in [-0.25, -0.2) is 9.97 Å². The molecule has 0 bridgehead atoms. The van der Waals surface area contributed by atoms with Crippen LogP contribution >= 0.6 is 0 Å². The summed E-state index contributed by atoms with van der Waals surface area (Å²) >= 11 is 0. The third kappa shape index (κ3) is 4.77. The van der Waals surface area contributed by atoms with E-state index in [9.17, 15) is 4.79 Å². The number of hydrogen-bond acceptors (Lipinski definition) is 7. The van der Waals surface area contributed by atoms with Crippen molar-refractivity contribution in [2.45, 2.75) is 26.8 Å². The molecule has 1 aromatic carbocycles. The summed E-state index contributed by atoms with van der Waals surface area (Å²) in [4.78, 5) is 25.4. The summed E-state index contributed by atoms with van der Waals surface area (Å²) in [6.45, 7) is 4.85. The molecular formula is C22H22N6O3. The first kappa shape index (κ1) is 20.3. The summed E-state index contributed by atoms with van der Waals surface area (Å²) in [5, 5.41) is 6.79. The van der Waals surface area contributed by atoms with Crippen molar-refractivity contribution in [1.82, 2.24) is 30.0 Å². The van der Waals surface area contributed by atoms with Crippen LogP contribution in [-0.4, -0.2) is 37.2 Å². The zero-order valence-electron chi connectivity index (χ0n) is 17.3. The highest BCUT2D eigenvalue weighted by Gasteiger charge is 2.13. The Bertz CT molecular complexity index is 1180. The lowest BCUT2D eigenvalue weighted by atomic mass is 10.2. The molecule has 1 N–H and O–H groups in total. The fraction of sp³-hybridized carbons (Fsp3) is 0.227. The van der Waals surface area contributed by atoms with Gasteiger partial charge in [0.2, 0.25) is 0 Å². The van der Waals surface area contributed by atoms with Gasteiger partial charge in [-0.1, -0.05) is 24.2 Å². The van der Waals surface area contributed by atoms with E-state index in [0.29, 0.717) is 42.8 Å². The number of carbonyl (C=O) groups excluding carboxylic acids is 1. The van der Waals surface area contributed by atoms with Crippen molar-refractivity contribution in [1.29, 1.82) is 0 Å². The van der Waals surface area contributed by atoms with Gasteiger partial charge in [0, 0.05) is 30.9 Å². The van der Waals surface area contributed by atoms with Crippen LogP contribution in [0.2, 0.25) is 0 Å². The number of pyridine rings is 1. The largest absolute Gasteiger partial charge is 0.494 e. The summed E-state index contributed by atoms with van der Waals surface area (Å²) in [5.74, 6) is 2.15. The Morgan fingerprint density at radius 3 is 2.90 bits per heavy atom. The molecule has 0 saturated carbocycles. The predicted octanol–water partition coefficient (Wildman–Crippen LogP) is 3.21. The Balaban J connectivity index is 1.45. The third-order valence-corrected chi connectivity index (χ3v) is 4.52. The number of amides is 1. The van der Waals surface area contributed by atoms with E-state index in [1.807, 2.05) is 38.1 Å². The van der Waals surface area contributed by atoms with E-state index in [0.717, 1.165) is 16.9 Å². The smallest absolute Gasteiger partial charge is 0.271 e. The van der Waals surface area contributed by atoms with E-state index in [1.54, 1.807) is 35.4 Å². The second-order valence-corrected chi connectivity index (χ2v) is 6.70. The molecule has 0 atom stereocenters. The highest BCUT2D eigenvalue weighted by atomic mass is 16.5. The van der Waals surface area contributed by atoms with Gasteiger partial charge >= 0.3 is 0 Å². The predicted molar refractivity (Wildman–Crippen MR) is 113 cm³/mol. The molecule has 3 heterocycles. The van der Waals surface area contributed by atoms with Gasteiger partial charge < -0.3 is 14.6 Å². The average Bonchev–Trinajstić information content (AvgIpc) is 3.48. The summed E-state index contributed by atoms with van der Waals surface area (Å²) in [6, 6.07) is 11.2. The maximum absolute atomic E-state index is 12.5. The van der Waals surface area contributed by atoms with Crippen molar-refractivity contribution in [3.05, 3.63) is 72.2 Å². The number of nitrogens with zero attached hydrogens (tertiary/aromatic N) is 5. The lowest BCUT2D eigenvalue weighted by molar-refractivity contribution is 0.0946. The molecule has 0 aliphatic heterocycles. The van der Waals surface area contributed by atoms with Crippen molar-refractivity contribution < 1.29 is 14.1 Å². The molecule has 4 rings (SSSR count). The van der Waals surface area contributed by atoms with Gasteiger partial charge in [0.1, 0.15) is 23.6 Å². The molecule has 31 heavy (non-hydrogen) atoms. The van der Waals surface area contributed by atoms with Gasteiger partial charge in [0.05, 0.1) is 6.61 Å². The van der Waals surface area contributed by atoms with Crippen molar-refractivity contribution >= 4 is 5.91 Å². The summed E-state index contributed by atoms with van der Waals surface area (Å²) < 4.78 is 12.4. The van der Waals surface area contributed by atoms with Gasteiger partial charge in [-0.15, -0.1) is 0 Å². The Labute approximate surface area is 179 Å². The van der Waals surface area contributed by atoms with Crippen molar-refractivity contribution in [2.24, 2.45) is 0 Å². The first-order chi connectivity index (χ1) is 15.2. The third-order valence-electron chi connectivity index (χ3n) is 4.52. The summed E-state index contributed by atoms with van der Waals surface area (Å²) in [7, 11) is 0. The topological polar surface area (TPSA) is 108 Å². The zero-order valence-corrected chi connectivity index (χ0v) is 17.3. The molecule has 0 spiro atoms. The van der Waals surface area contributed by atoms with E-state index in [1.165, 1.54) is 0 Å². The molecule has 0 radical (unpaired) electrons. The van der Waals surface area contributed by atoms with E-state index in [2.05, 4.69) is 25.4 Å². The molecule has 9 nitrogen and oxygen atoms in total. The van der Waals surface area contributed by atoms with Gasteiger partial charge in [-0.05, 0) is 36.8 Å². The minimum atomic E-state index is -0.277. The van der Waals surface area contributed by atoms with Crippen molar-refractivity contribution in [3.8, 4) is 23.0 Å². The number of aryl methyl sites for hydroxylation is 1. The average molecular weight is 418 g/mol. The number of imidazole rings is 1. The Hall–Kier alpha value is -4.01. The molecule has 3 aromatic heterocycles. The van der Waals surface area contributed by atoms with Crippen LogP contribution in [0, 0.1) is 0 Å². The minimum absolute atomic E-state index is 0.277. The highest BCUT2D eigenvalue weighted by Crippen LogP contribution is 2.19. The second-order valence-electron chi connectivity index (χ2n) is 6.70. The van der Waals surface area contributed by atoms with Crippen LogP contribution in [0.25, 0.3) is 17.3 Å². The SMILES string of the molecule is CCOc1cccc(CNC(=O)c2cn(-c3cc(-c4nc(CC)no4)ccn3)cn2)c1. The zero-order chi connectivity index (χ0) is 21.6. The van der Waals surface area contributed by atoms with Crippen LogP contribution in [0.3, 0.4) is 0 Å². The number of ether oxygens (including phenoxy) is 1. The van der Waals surface area contributed by atoms with Crippen LogP contribution in [-0.2, 0) is 13.0 Å². The first-order valence-electron chi connectivity index (χ1n) is 9.99. The van der Waals surface area contributed by atoms with Crippen LogP contribution in [0.4, 0.5) is 0 Å². The molecule has 4 aromatic rings. The van der Waals surface area contributed by atoms with E-state index >= 15 is 0 Å². The summed E-state index contributed by atoms with van der Waals surface area (Å²) in [6.07, 6.45) is 5.51. The number of benzene rings is 1. The van der Waals surface area contributed by atoms with Crippen molar-refractivity contribution in [2.75, 3.05) is 6.61 Å². The molecular weight excluding hydrogens is 396 g/mol. The molecule has 158 valence electrons. The Morgan fingerprint density at radius 2 is 2.10 bits per heavy atom. The molecule has 0 aliphatic rings. The fourth-order valence-electron chi connectivity index (χ4n) is 2.96. The Kier molecular flexibility index (Phi) is 6.02. The lowest BCUT2D eigenvalue weighted by Gasteiger charge is -2.07. The van der Waals surface area contributed by atoms with E-state index in [4.69, 9.17) is 9.26 Å². The van der Waals surface area contributed by atoms with Crippen LogP contribution in [0.5, 0.6) is 5.75 Å². The van der Waals surface area contributed by atoms with Gasteiger partial charge in [0.25, 0.3) is 11.8 Å².